The molecule has 7 nitrogen and oxygen atoms in total. The molecule has 1 aliphatic rings. The lowest BCUT2D eigenvalue weighted by atomic mass is 10.1. The number of carboxylic acids is 1. The number of carbonyl (C=O) groups is 2. The Morgan fingerprint density at radius 1 is 1.22 bits per heavy atom. The summed E-state index contributed by atoms with van der Waals surface area (Å²) in [5.74, 6) is -1.21. The van der Waals surface area contributed by atoms with Gasteiger partial charge in [0.25, 0.3) is 0 Å². The van der Waals surface area contributed by atoms with E-state index in [-0.39, 0.29) is 12.3 Å². The molecule has 3 aromatic rings. The van der Waals surface area contributed by atoms with Crippen LogP contribution in [0.25, 0.3) is 16.5 Å². The number of carbonyl (C=O) groups excluding carboxylic acids is 1. The van der Waals surface area contributed by atoms with E-state index in [2.05, 4.69) is 34.7 Å². The number of amides is 1. The molecule has 2 aromatic carbocycles. The average molecular weight is 364 g/mol. The summed E-state index contributed by atoms with van der Waals surface area (Å²) in [5, 5.41) is 18.6. The van der Waals surface area contributed by atoms with Gasteiger partial charge in [-0.25, -0.2) is 4.68 Å². The van der Waals surface area contributed by atoms with Gasteiger partial charge in [-0.3, -0.25) is 14.5 Å². The molecule has 0 bridgehead atoms. The smallest absolute Gasteiger partial charge is 0.305 e. The van der Waals surface area contributed by atoms with Gasteiger partial charge in [0, 0.05) is 31.4 Å². The summed E-state index contributed by atoms with van der Waals surface area (Å²) in [7, 11) is 0. The summed E-state index contributed by atoms with van der Waals surface area (Å²) in [6.45, 7) is 1.62. The van der Waals surface area contributed by atoms with Gasteiger partial charge in [-0.05, 0) is 22.9 Å². The second-order valence-corrected chi connectivity index (χ2v) is 6.70. The van der Waals surface area contributed by atoms with Crippen LogP contribution in [0.1, 0.15) is 12.0 Å². The van der Waals surface area contributed by atoms with Crippen LogP contribution in [0, 0.1) is 0 Å². The zero-order valence-electron chi connectivity index (χ0n) is 14.7. The first kappa shape index (κ1) is 17.2. The van der Waals surface area contributed by atoms with E-state index >= 15 is 0 Å². The average Bonchev–Trinajstić information content (AvgIpc) is 3.12. The first-order valence-corrected chi connectivity index (χ1v) is 8.86. The van der Waals surface area contributed by atoms with Crippen molar-refractivity contribution in [1.82, 2.24) is 20.0 Å². The topological polar surface area (TPSA) is 87.5 Å². The van der Waals surface area contributed by atoms with Crippen LogP contribution in [-0.4, -0.2) is 50.8 Å². The molecule has 1 amide bonds. The number of nitrogens with one attached hydrogen (secondary N) is 1. The monoisotopic (exact) mass is 364 g/mol. The Balaban J connectivity index is 1.54. The maximum absolute atomic E-state index is 12.0. The minimum atomic E-state index is -0.978. The normalized spacial score (nSPS) is 17.8. The summed E-state index contributed by atoms with van der Waals surface area (Å²) >= 11 is 0. The number of fused-ring (bicyclic) bond motifs is 1. The molecular weight excluding hydrogens is 344 g/mol. The molecule has 0 radical (unpaired) electrons. The maximum Gasteiger partial charge on any atom is 0.305 e. The molecule has 0 aliphatic carbocycles. The van der Waals surface area contributed by atoms with Crippen LogP contribution in [-0.2, 0) is 16.1 Å². The van der Waals surface area contributed by atoms with Crippen molar-refractivity contribution in [2.45, 2.75) is 19.0 Å². The van der Waals surface area contributed by atoms with Crippen molar-refractivity contribution in [2.24, 2.45) is 0 Å². The second-order valence-electron chi connectivity index (χ2n) is 6.70. The van der Waals surface area contributed by atoms with Gasteiger partial charge in [-0.2, -0.15) is 5.10 Å². The van der Waals surface area contributed by atoms with E-state index in [1.165, 1.54) is 5.39 Å². The lowest BCUT2D eigenvalue weighted by Gasteiger charge is -2.33. The fourth-order valence-electron chi connectivity index (χ4n) is 3.48. The molecule has 1 fully saturated rings. The van der Waals surface area contributed by atoms with Crippen LogP contribution in [0.5, 0.6) is 0 Å². The Kier molecular flexibility index (Phi) is 4.60. The minimum absolute atomic E-state index is 0.204. The predicted octanol–water partition coefficient (Wildman–Crippen LogP) is 1.80. The Morgan fingerprint density at radius 3 is 2.85 bits per heavy atom. The zero-order valence-corrected chi connectivity index (χ0v) is 14.7. The highest BCUT2D eigenvalue weighted by Crippen LogP contribution is 2.19. The van der Waals surface area contributed by atoms with E-state index in [1.807, 2.05) is 29.3 Å². The van der Waals surface area contributed by atoms with Gasteiger partial charge in [-0.1, -0.05) is 30.3 Å². The SMILES string of the molecule is O=C(O)C[C@@H]1C(=O)NCCN1Cc1cnn(-c2ccc3ccccc3c2)c1. The molecule has 0 spiro atoms. The van der Waals surface area contributed by atoms with Gasteiger partial charge < -0.3 is 10.4 Å². The molecule has 27 heavy (non-hydrogen) atoms. The van der Waals surface area contributed by atoms with Crippen LogP contribution in [0.3, 0.4) is 0 Å². The molecule has 1 aliphatic heterocycles. The summed E-state index contributed by atoms with van der Waals surface area (Å²) in [6.07, 6.45) is 3.48. The van der Waals surface area contributed by atoms with E-state index in [4.69, 9.17) is 5.11 Å². The molecule has 2 heterocycles. The maximum atomic E-state index is 12.0. The molecule has 0 unspecified atom stereocenters. The van der Waals surface area contributed by atoms with Crippen LogP contribution < -0.4 is 5.32 Å². The fraction of sp³-hybridized carbons (Fsp3) is 0.250. The molecule has 7 heteroatoms. The molecule has 0 saturated carbocycles. The van der Waals surface area contributed by atoms with Crippen molar-refractivity contribution < 1.29 is 14.7 Å². The molecule has 1 saturated heterocycles. The van der Waals surface area contributed by atoms with Gasteiger partial charge in [0.15, 0.2) is 0 Å². The number of carboxylic acid groups (broad SMARTS) is 1. The largest absolute Gasteiger partial charge is 0.481 e. The summed E-state index contributed by atoms with van der Waals surface area (Å²) in [4.78, 5) is 25.0. The molecule has 138 valence electrons. The molecular formula is C20H20N4O3. The number of piperazine rings is 1. The molecule has 4 rings (SSSR count). The quantitative estimate of drug-likeness (QED) is 0.721. The number of hydrogen-bond acceptors (Lipinski definition) is 4. The van der Waals surface area contributed by atoms with E-state index in [0.29, 0.717) is 19.6 Å². The van der Waals surface area contributed by atoms with Crippen LogP contribution in [0.15, 0.2) is 54.9 Å². The number of aromatic nitrogens is 2. The van der Waals surface area contributed by atoms with E-state index in [0.717, 1.165) is 16.6 Å². The highest BCUT2D eigenvalue weighted by atomic mass is 16.4. The lowest BCUT2D eigenvalue weighted by Crippen LogP contribution is -2.55. The second kappa shape index (κ2) is 7.20. The third-order valence-electron chi connectivity index (χ3n) is 4.83. The molecule has 2 N–H and O–H groups in total. The van der Waals surface area contributed by atoms with Crippen molar-refractivity contribution in [1.29, 1.82) is 0 Å². The van der Waals surface area contributed by atoms with Crippen molar-refractivity contribution in [2.75, 3.05) is 13.1 Å². The molecule has 1 atom stereocenters. The number of hydrogen-bond donors (Lipinski definition) is 2. The van der Waals surface area contributed by atoms with E-state index < -0.39 is 12.0 Å². The highest BCUT2D eigenvalue weighted by Gasteiger charge is 2.31. The van der Waals surface area contributed by atoms with Crippen molar-refractivity contribution in [3.05, 3.63) is 60.4 Å². The van der Waals surface area contributed by atoms with Crippen LogP contribution in [0.2, 0.25) is 0 Å². The van der Waals surface area contributed by atoms with E-state index in [9.17, 15) is 9.59 Å². The Bertz CT molecular complexity index is 998. The number of aliphatic carboxylic acids is 1. The highest BCUT2D eigenvalue weighted by molar-refractivity contribution is 5.86. The van der Waals surface area contributed by atoms with Crippen LogP contribution >= 0.6 is 0 Å². The number of nitrogens with zero attached hydrogens (tertiary/aromatic N) is 3. The number of rotatable bonds is 5. The van der Waals surface area contributed by atoms with E-state index in [1.54, 1.807) is 10.9 Å². The fourth-order valence-corrected chi connectivity index (χ4v) is 3.48. The van der Waals surface area contributed by atoms with Crippen molar-refractivity contribution >= 4 is 22.6 Å². The third-order valence-corrected chi connectivity index (χ3v) is 4.83. The van der Waals surface area contributed by atoms with Crippen LogP contribution in [0.4, 0.5) is 0 Å². The Morgan fingerprint density at radius 2 is 2.04 bits per heavy atom. The Labute approximate surface area is 156 Å². The van der Waals surface area contributed by atoms with Gasteiger partial charge in [0.2, 0.25) is 5.91 Å². The summed E-state index contributed by atoms with van der Waals surface area (Å²) in [6, 6.07) is 13.6. The Hall–Kier alpha value is -3.19. The zero-order chi connectivity index (χ0) is 18.8. The third kappa shape index (κ3) is 3.68. The summed E-state index contributed by atoms with van der Waals surface area (Å²) < 4.78 is 1.80. The van der Waals surface area contributed by atoms with Gasteiger partial charge in [-0.15, -0.1) is 0 Å². The lowest BCUT2D eigenvalue weighted by molar-refractivity contribution is -0.143. The van der Waals surface area contributed by atoms with Gasteiger partial charge >= 0.3 is 5.97 Å². The standard InChI is InChI=1S/C20H20N4O3/c25-19(26)10-18-20(27)21-7-8-23(18)12-14-11-22-24(13-14)17-6-5-15-3-1-2-4-16(15)9-17/h1-6,9,11,13,18H,7-8,10,12H2,(H,21,27)(H,25,26)/t18-/m1/s1. The predicted molar refractivity (Wildman–Crippen MR) is 101 cm³/mol. The van der Waals surface area contributed by atoms with Crippen molar-refractivity contribution in [3.63, 3.8) is 0 Å². The summed E-state index contributed by atoms with van der Waals surface area (Å²) in [5.41, 5.74) is 1.90. The first-order valence-electron chi connectivity index (χ1n) is 8.86. The molecule has 1 aromatic heterocycles. The first-order chi connectivity index (χ1) is 13.1. The van der Waals surface area contributed by atoms with Crippen molar-refractivity contribution in [3.8, 4) is 5.69 Å². The minimum Gasteiger partial charge on any atom is -0.481 e. The van der Waals surface area contributed by atoms with Gasteiger partial charge in [0.05, 0.1) is 18.3 Å². The number of benzene rings is 2. The van der Waals surface area contributed by atoms with Gasteiger partial charge in [0.1, 0.15) is 6.04 Å².